The van der Waals surface area contributed by atoms with Crippen LogP contribution >= 0.6 is 0 Å². The molecule has 0 aromatic carbocycles. The smallest absolute Gasteiger partial charge is 0.254 e. The summed E-state index contributed by atoms with van der Waals surface area (Å²) in [5.74, 6) is -0.398. The van der Waals surface area contributed by atoms with Gasteiger partial charge < -0.3 is 0 Å². The molecular weight excluding hydrogens is 154 g/mol. The first-order chi connectivity index (χ1) is 5.70. The fourth-order valence-electron chi connectivity index (χ4n) is 1.42. The zero-order valence-electron chi connectivity index (χ0n) is 7.44. The summed E-state index contributed by atoms with van der Waals surface area (Å²) < 4.78 is 0. The average molecular weight is 167 g/mol. The average Bonchev–Trinajstić information content (AvgIpc) is 2.28. The SMILES string of the molecule is CCCC1=C(CC)C(=O)NC1=O. The van der Waals surface area contributed by atoms with Crippen molar-refractivity contribution in [1.82, 2.24) is 5.32 Å². The highest BCUT2D eigenvalue weighted by molar-refractivity contribution is 6.19. The largest absolute Gasteiger partial charge is 0.289 e. The second kappa shape index (κ2) is 3.52. The first kappa shape index (κ1) is 8.97. The molecule has 0 spiro atoms. The van der Waals surface area contributed by atoms with Crippen molar-refractivity contribution < 1.29 is 9.59 Å². The number of imide groups is 1. The normalized spacial score (nSPS) is 17.2. The molecule has 12 heavy (non-hydrogen) atoms. The summed E-state index contributed by atoms with van der Waals surface area (Å²) in [4.78, 5) is 22.3. The number of hydrogen-bond donors (Lipinski definition) is 1. The molecule has 3 heteroatoms. The van der Waals surface area contributed by atoms with Gasteiger partial charge in [0, 0.05) is 11.1 Å². The molecule has 0 radical (unpaired) electrons. The van der Waals surface area contributed by atoms with E-state index >= 15 is 0 Å². The lowest BCUT2D eigenvalue weighted by molar-refractivity contribution is -0.124. The number of carbonyl (C=O) groups is 2. The minimum atomic E-state index is -0.203. The monoisotopic (exact) mass is 167 g/mol. The van der Waals surface area contributed by atoms with Gasteiger partial charge in [-0.3, -0.25) is 14.9 Å². The van der Waals surface area contributed by atoms with Crippen LogP contribution in [0.3, 0.4) is 0 Å². The van der Waals surface area contributed by atoms with Crippen LogP contribution in [0.2, 0.25) is 0 Å². The lowest BCUT2D eigenvalue weighted by atomic mass is 10.0. The van der Waals surface area contributed by atoms with E-state index < -0.39 is 0 Å². The van der Waals surface area contributed by atoms with Crippen LogP contribution in [-0.2, 0) is 9.59 Å². The van der Waals surface area contributed by atoms with E-state index in [0.717, 1.165) is 6.42 Å². The van der Waals surface area contributed by atoms with Gasteiger partial charge in [-0.1, -0.05) is 20.3 Å². The molecule has 0 unspecified atom stereocenters. The summed E-state index contributed by atoms with van der Waals surface area (Å²) in [6.07, 6.45) is 2.26. The Hall–Kier alpha value is -1.12. The zero-order chi connectivity index (χ0) is 9.14. The maximum Gasteiger partial charge on any atom is 0.254 e. The van der Waals surface area contributed by atoms with Crippen molar-refractivity contribution in [3.63, 3.8) is 0 Å². The molecule has 1 N–H and O–H groups in total. The highest BCUT2D eigenvalue weighted by Crippen LogP contribution is 2.19. The maximum atomic E-state index is 11.2. The molecule has 2 amide bonds. The molecule has 0 saturated heterocycles. The molecule has 0 aromatic rings. The van der Waals surface area contributed by atoms with E-state index in [1.165, 1.54) is 0 Å². The van der Waals surface area contributed by atoms with Crippen molar-refractivity contribution in [3.05, 3.63) is 11.1 Å². The molecule has 1 aliphatic rings. The number of rotatable bonds is 3. The number of hydrogen-bond acceptors (Lipinski definition) is 2. The van der Waals surface area contributed by atoms with E-state index in [1.54, 1.807) is 0 Å². The van der Waals surface area contributed by atoms with Gasteiger partial charge in [-0.05, 0) is 12.8 Å². The van der Waals surface area contributed by atoms with Gasteiger partial charge >= 0.3 is 0 Å². The van der Waals surface area contributed by atoms with Gasteiger partial charge in [-0.2, -0.15) is 0 Å². The van der Waals surface area contributed by atoms with Crippen LogP contribution in [0.25, 0.3) is 0 Å². The fourth-order valence-corrected chi connectivity index (χ4v) is 1.42. The van der Waals surface area contributed by atoms with Crippen LogP contribution in [0, 0.1) is 0 Å². The first-order valence-electron chi connectivity index (χ1n) is 4.28. The summed E-state index contributed by atoms with van der Waals surface area (Å²) in [5.41, 5.74) is 1.35. The van der Waals surface area contributed by atoms with Gasteiger partial charge in [0.1, 0.15) is 0 Å². The second-order valence-electron chi connectivity index (χ2n) is 2.84. The Bertz CT molecular complexity index is 253. The van der Waals surface area contributed by atoms with E-state index in [1.807, 2.05) is 13.8 Å². The lowest BCUT2D eigenvalue weighted by Gasteiger charge is -1.97. The lowest BCUT2D eigenvalue weighted by Crippen LogP contribution is -2.23. The first-order valence-corrected chi connectivity index (χ1v) is 4.28. The van der Waals surface area contributed by atoms with E-state index in [-0.39, 0.29) is 11.8 Å². The minimum absolute atomic E-state index is 0.196. The minimum Gasteiger partial charge on any atom is -0.289 e. The predicted octanol–water partition coefficient (Wildman–Crippen LogP) is 1.15. The molecule has 3 nitrogen and oxygen atoms in total. The summed E-state index contributed by atoms with van der Waals surface area (Å²) in [6.45, 7) is 3.89. The van der Waals surface area contributed by atoms with Crippen LogP contribution in [0.1, 0.15) is 33.1 Å². The van der Waals surface area contributed by atoms with E-state index in [9.17, 15) is 9.59 Å². The standard InChI is InChI=1S/C9H13NO2/c1-3-5-7-6(4-2)8(11)10-9(7)12/h3-5H2,1-2H3,(H,10,11,12). The molecule has 0 aromatic heterocycles. The Morgan fingerprint density at radius 3 is 2.17 bits per heavy atom. The summed E-state index contributed by atoms with van der Waals surface area (Å²) in [7, 11) is 0. The number of amides is 2. The molecule has 1 aliphatic heterocycles. The van der Waals surface area contributed by atoms with Gasteiger partial charge in [-0.15, -0.1) is 0 Å². The van der Waals surface area contributed by atoms with E-state index in [4.69, 9.17) is 0 Å². The van der Waals surface area contributed by atoms with E-state index in [0.29, 0.717) is 24.0 Å². The third-order valence-corrected chi connectivity index (χ3v) is 1.99. The molecule has 0 bridgehead atoms. The van der Waals surface area contributed by atoms with Crippen molar-refractivity contribution in [2.75, 3.05) is 0 Å². The highest BCUT2D eigenvalue weighted by atomic mass is 16.2. The van der Waals surface area contributed by atoms with Crippen LogP contribution in [0.5, 0.6) is 0 Å². The van der Waals surface area contributed by atoms with Gasteiger partial charge in [0.25, 0.3) is 11.8 Å². The molecule has 0 atom stereocenters. The van der Waals surface area contributed by atoms with Crippen molar-refractivity contribution in [2.24, 2.45) is 0 Å². The third-order valence-electron chi connectivity index (χ3n) is 1.99. The van der Waals surface area contributed by atoms with Crippen molar-refractivity contribution in [3.8, 4) is 0 Å². The zero-order valence-corrected chi connectivity index (χ0v) is 7.44. The topological polar surface area (TPSA) is 46.2 Å². The van der Waals surface area contributed by atoms with Gasteiger partial charge in [0.2, 0.25) is 0 Å². The van der Waals surface area contributed by atoms with Crippen LogP contribution in [-0.4, -0.2) is 11.8 Å². The van der Waals surface area contributed by atoms with Gasteiger partial charge in [0.05, 0.1) is 0 Å². The quantitative estimate of drug-likeness (QED) is 0.641. The van der Waals surface area contributed by atoms with Crippen LogP contribution < -0.4 is 5.32 Å². The molecule has 0 fully saturated rings. The van der Waals surface area contributed by atoms with E-state index in [2.05, 4.69) is 5.32 Å². The molecule has 1 rings (SSSR count). The van der Waals surface area contributed by atoms with Gasteiger partial charge in [-0.25, -0.2) is 0 Å². The molecule has 66 valence electrons. The Kier molecular flexibility index (Phi) is 2.63. The number of nitrogens with one attached hydrogen (secondary N) is 1. The third kappa shape index (κ3) is 1.40. The maximum absolute atomic E-state index is 11.2. The Balaban J connectivity index is 2.92. The summed E-state index contributed by atoms with van der Waals surface area (Å²) in [6, 6.07) is 0. The predicted molar refractivity (Wildman–Crippen MR) is 45.4 cm³/mol. The Morgan fingerprint density at radius 2 is 1.67 bits per heavy atom. The summed E-state index contributed by atoms with van der Waals surface area (Å²) >= 11 is 0. The highest BCUT2D eigenvalue weighted by Gasteiger charge is 2.27. The summed E-state index contributed by atoms with van der Waals surface area (Å²) in [5, 5.41) is 2.30. The molecule has 0 saturated carbocycles. The van der Waals surface area contributed by atoms with Crippen LogP contribution in [0.4, 0.5) is 0 Å². The van der Waals surface area contributed by atoms with Gasteiger partial charge in [0.15, 0.2) is 0 Å². The van der Waals surface area contributed by atoms with Crippen LogP contribution in [0.15, 0.2) is 11.1 Å². The molecular formula is C9H13NO2. The molecule has 1 heterocycles. The second-order valence-corrected chi connectivity index (χ2v) is 2.84. The number of carbonyl (C=O) groups excluding carboxylic acids is 2. The van der Waals surface area contributed by atoms with Crippen molar-refractivity contribution in [2.45, 2.75) is 33.1 Å². The van der Waals surface area contributed by atoms with Crippen molar-refractivity contribution in [1.29, 1.82) is 0 Å². The Morgan fingerprint density at radius 1 is 1.08 bits per heavy atom. The molecule has 0 aliphatic carbocycles. The Labute approximate surface area is 71.8 Å². The van der Waals surface area contributed by atoms with Crippen molar-refractivity contribution >= 4 is 11.8 Å². The fraction of sp³-hybridized carbons (Fsp3) is 0.556.